The lowest BCUT2D eigenvalue weighted by Gasteiger charge is -2.31. The van der Waals surface area contributed by atoms with Crippen molar-refractivity contribution >= 4 is 17.3 Å². The molecule has 3 N–H and O–H groups in total. The number of anilines is 2. The summed E-state index contributed by atoms with van der Waals surface area (Å²) < 4.78 is 0. The summed E-state index contributed by atoms with van der Waals surface area (Å²) in [6.07, 6.45) is 5.71. The van der Waals surface area contributed by atoms with Crippen LogP contribution in [0, 0.1) is 0 Å². The van der Waals surface area contributed by atoms with E-state index in [9.17, 15) is 4.79 Å². The maximum Gasteiger partial charge on any atom is 0.242 e. The molecule has 1 aliphatic carbocycles. The van der Waals surface area contributed by atoms with Crippen molar-refractivity contribution in [1.29, 1.82) is 0 Å². The van der Waals surface area contributed by atoms with Gasteiger partial charge >= 0.3 is 0 Å². The van der Waals surface area contributed by atoms with Crippen molar-refractivity contribution in [3.63, 3.8) is 0 Å². The van der Waals surface area contributed by atoms with Gasteiger partial charge in [0.2, 0.25) is 5.91 Å². The lowest BCUT2D eigenvalue weighted by molar-refractivity contribution is -0.122. The number of carbonyl (C=O) groups excluding carboxylic acids is 1. The van der Waals surface area contributed by atoms with E-state index in [1.165, 1.54) is 12.8 Å². The van der Waals surface area contributed by atoms with Crippen molar-refractivity contribution in [1.82, 2.24) is 5.32 Å². The van der Waals surface area contributed by atoms with Crippen LogP contribution in [0.2, 0.25) is 0 Å². The van der Waals surface area contributed by atoms with Crippen molar-refractivity contribution in [2.24, 2.45) is 0 Å². The van der Waals surface area contributed by atoms with E-state index >= 15 is 0 Å². The molecule has 1 atom stereocenters. The molecule has 1 saturated carbocycles. The fourth-order valence-electron chi connectivity index (χ4n) is 2.99. The van der Waals surface area contributed by atoms with Crippen molar-refractivity contribution < 1.29 is 4.79 Å². The molecule has 21 heavy (non-hydrogen) atoms. The Hall–Kier alpha value is -1.71. The third-order valence-electron chi connectivity index (χ3n) is 4.24. The summed E-state index contributed by atoms with van der Waals surface area (Å²) in [6.45, 7) is 4.98. The van der Waals surface area contributed by atoms with Crippen LogP contribution in [-0.4, -0.2) is 24.5 Å². The first-order valence-electron chi connectivity index (χ1n) is 8.04. The molecular formula is C17H27N3O. The highest BCUT2D eigenvalue weighted by molar-refractivity contribution is 5.85. The number of nitrogens with one attached hydrogen (secondary N) is 1. The molecule has 1 aliphatic rings. The molecule has 1 fully saturated rings. The summed E-state index contributed by atoms with van der Waals surface area (Å²) in [5.41, 5.74) is 7.55. The number of hydrogen-bond donors (Lipinski definition) is 2. The minimum Gasteiger partial charge on any atom is -0.399 e. The molecular weight excluding hydrogens is 262 g/mol. The molecule has 1 aromatic carbocycles. The molecule has 0 heterocycles. The van der Waals surface area contributed by atoms with E-state index in [0.29, 0.717) is 6.04 Å². The van der Waals surface area contributed by atoms with E-state index in [0.717, 1.165) is 37.2 Å². The summed E-state index contributed by atoms with van der Waals surface area (Å²) in [4.78, 5) is 14.6. The molecule has 0 bridgehead atoms. The largest absolute Gasteiger partial charge is 0.399 e. The maximum atomic E-state index is 12.5. The number of amides is 1. The van der Waals surface area contributed by atoms with Gasteiger partial charge < -0.3 is 16.0 Å². The van der Waals surface area contributed by atoms with Gasteiger partial charge in [-0.05, 0) is 50.5 Å². The van der Waals surface area contributed by atoms with Crippen LogP contribution in [0.1, 0.15) is 46.0 Å². The van der Waals surface area contributed by atoms with Gasteiger partial charge in [-0.15, -0.1) is 0 Å². The summed E-state index contributed by atoms with van der Waals surface area (Å²) in [5.74, 6) is 0.132. The SMILES string of the molecule is CCCN(c1ccc(N)cc1)C(C)C(=O)NC1CCCC1. The second-order valence-corrected chi connectivity index (χ2v) is 5.95. The van der Waals surface area contributed by atoms with Gasteiger partial charge in [-0.3, -0.25) is 4.79 Å². The van der Waals surface area contributed by atoms with E-state index in [-0.39, 0.29) is 11.9 Å². The Kier molecular flexibility index (Phi) is 5.48. The van der Waals surface area contributed by atoms with Gasteiger partial charge in [0, 0.05) is 24.0 Å². The van der Waals surface area contributed by atoms with Crippen LogP contribution in [0.4, 0.5) is 11.4 Å². The highest BCUT2D eigenvalue weighted by Gasteiger charge is 2.24. The van der Waals surface area contributed by atoms with E-state index < -0.39 is 0 Å². The molecule has 0 radical (unpaired) electrons. The number of benzene rings is 1. The van der Waals surface area contributed by atoms with Crippen LogP contribution in [-0.2, 0) is 4.79 Å². The Morgan fingerprint density at radius 2 is 1.95 bits per heavy atom. The van der Waals surface area contributed by atoms with Crippen LogP contribution >= 0.6 is 0 Å². The molecule has 4 nitrogen and oxygen atoms in total. The Balaban J connectivity index is 2.05. The van der Waals surface area contributed by atoms with Gasteiger partial charge in [0.15, 0.2) is 0 Å². The number of nitrogen functional groups attached to an aromatic ring is 1. The smallest absolute Gasteiger partial charge is 0.242 e. The number of rotatable bonds is 6. The second-order valence-electron chi connectivity index (χ2n) is 5.95. The van der Waals surface area contributed by atoms with E-state index in [2.05, 4.69) is 17.1 Å². The standard InChI is InChI=1S/C17H27N3O/c1-3-12-20(16-10-8-14(18)9-11-16)13(2)17(21)19-15-6-4-5-7-15/h8-11,13,15H,3-7,12,18H2,1-2H3,(H,19,21). The Morgan fingerprint density at radius 3 is 2.52 bits per heavy atom. The first-order chi connectivity index (χ1) is 10.1. The van der Waals surface area contributed by atoms with Gasteiger partial charge in [0.05, 0.1) is 0 Å². The molecule has 0 aromatic heterocycles. The average molecular weight is 289 g/mol. The van der Waals surface area contributed by atoms with Crippen molar-refractivity contribution in [2.75, 3.05) is 17.2 Å². The number of nitrogens with two attached hydrogens (primary N) is 1. The zero-order valence-electron chi connectivity index (χ0n) is 13.1. The third-order valence-corrected chi connectivity index (χ3v) is 4.24. The van der Waals surface area contributed by atoms with Crippen molar-refractivity contribution in [2.45, 2.75) is 58.0 Å². The fraction of sp³-hybridized carbons (Fsp3) is 0.588. The van der Waals surface area contributed by atoms with Gasteiger partial charge in [-0.2, -0.15) is 0 Å². The molecule has 0 spiro atoms. The highest BCUT2D eigenvalue weighted by atomic mass is 16.2. The molecule has 2 rings (SSSR count). The number of nitrogens with zero attached hydrogens (tertiary/aromatic N) is 1. The number of hydrogen-bond acceptors (Lipinski definition) is 3. The zero-order chi connectivity index (χ0) is 15.2. The maximum absolute atomic E-state index is 12.5. The van der Waals surface area contributed by atoms with Crippen molar-refractivity contribution in [3.8, 4) is 0 Å². The van der Waals surface area contributed by atoms with Gasteiger partial charge in [0.1, 0.15) is 6.04 Å². The van der Waals surface area contributed by atoms with Crippen molar-refractivity contribution in [3.05, 3.63) is 24.3 Å². The first kappa shape index (κ1) is 15.7. The molecule has 116 valence electrons. The monoisotopic (exact) mass is 289 g/mol. The second kappa shape index (κ2) is 7.34. The Labute approximate surface area is 127 Å². The fourth-order valence-corrected chi connectivity index (χ4v) is 2.99. The Bertz CT molecular complexity index is 452. The van der Waals surface area contributed by atoms with Gasteiger partial charge in [0.25, 0.3) is 0 Å². The summed E-state index contributed by atoms with van der Waals surface area (Å²) in [5, 5.41) is 3.19. The predicted molar refractivity (Wildman–Crippen MR) is 88.4 cm³/mol. The molecule has 4 heteroatoms. The topological polar surface area (TPSA) is 58.4 Å². The molecule has 0 aliphatic heterocycles. The molecule has 0 saturated heterocycles. The van der Waals surface area contributed by atoms with Crippen LogP contribution in [0.3, 0.4) is 0 Å². The van der Waals surface area contributed by atoms with Crippen LogP contribution in [0.15, 0.2) is 24.3 Å². The van der Waals surface area contributed by atoms with Gasteiger partial charge in [-0.1, -0.05) is 19.8 Å². The predicted octanol–water partition coefficient (Wildman–Crippen LogP) is 2.93. The normalized spacial score (nSPS) is 16.7. The molecule has 1 amide bonds. The summed E-state index contributed by atoms with van der Waals surface area (Å²) >= 11 is 0. The number of carbonyl (C=O) groups is 1. The van der Waals surface area contributed by atoms with Crippen LogP contribution in [0.5, 0.6) is 0 Å². The van der Waals surface area contributed by atoms with E-state index in [4.69, 9.17) is 5.73 Å². The van der Waals surface area contributed by atoms with Crippen LogP contribution in [0.25, 0.3) is 0 Å². The van der Waals surface area contributed by atoms with Crippen LogP contribution < -0.4 is 16.0 Å². The van der Waals surface area contributed by atoms with E-state index in [1.54, 1.807) is 0 Å². The van der Waals surface area contributed by atoms with Gasteiger partial charge in [-0.25, -0.2) is 0 Å². The third kappa shape index (κ3) is 4.13. The minimum atomic E-state index is -0.158. The molecule has 1 unspecified atom stereocenters. The summed E-state index contributed by atoms with van der Waals surface area (Å²) in [7, 11) is 0. The lowest BCUT2D eigenvalue weighted by atomic mass is 10.1. The highest BCUT2D eigenvalue weighted by Crippen LogP contribution is 2.21. The first-order valence-corrected chi connectivity index (χ1v) is 8.04. The lowest BCUT2D eigenvalue weighted by Crippen LogP contribution is -2.48. The van der Waals surface area contributed by atoms with E-state index in [1.807, 2.05) is 31.2 Å². The molecule has 1 aromatic rings. The average Bonchev–Trinajstić information content (AvgIpc) is 2.98. The Morgan fingerprint density at radius 1 is 1.33 bits per heavy atom. The summed E-state index contributed by atoms with van der Waals surface area (Å²) in [6, 6.07) is 7.97. The zero-order valence-corrected chi connectivity index (χ0v) is 13.1. The quantitative estimate of drug-likeness (QED) is 0.792. The minimum absolute atomic E-state index is 0.132.